The third kappa shape index (κ3) is 5.02. The fourth-order valence-corrected chi connectivity index (χ4v) is 4.51. The molecule has 0 bridgehead atoms. The Labute approximate surface area is 179 Å². The Morgan fingerprint density at radius 2 is 1.60 bits per heavy atom. The zero-order chi connectivity index (χ0) is 20.8. The van der Waals surface area contributed by atoms with Crippen LogP contribution in [0.15, 0.2) is 48.5 Å². The van der Waals surface area contributed by atoms with Crippen molar-refractivity contribution in [3.63, 3.8) is 0 Å². The number of rotatable bonds is 8. The standard InChI is InChI=1S/C25H32N2O3/c28-19-23-5-3-16-26(23)17-4-18-30-24-12-10-21(11-13-24)20-6-8-22(9-7-20)25(29)27-14-1-2-15-27/h6-13,23,28H,1-5,14-19H2. The maximum atomic E-state index is 12.5. The van der Waals surface area contributed by atoms with Gasteiger partial charge in [0.2, 0.25) is 0 Å². The van der Waals surface area contributed by atoms with Crippen LogP contribution in [-0.4, -0.2) is 66.2 Å². The van der Waals surface area contributed by atoms with Crippen molar-refractivity contribution in [2.45, 2.75) is 38.1 Å². The third-order valence-electron chi connectivity index (χ3n) is 6.28. The van der Waals surface area contributed by atoms with Gasteiger partial charge < -0.3 is 14.7 Å². The Morgan fingerprint density at radius 1 is 0.933 bits per heavy atom. The van der Waals surface area contributed by atoms with Crippen LogP contribution in [0, 0.1) is 0 Å². The van der Waals surface area contributed by atoms with Crippen LogP contribution in [0.5, 0.6) is 5.75 Å². The monoisotopic (exact) mass is 408 g/mol. The molecule has 2 fully saturated rings. The molecule has 1 atom stereocenters. The summed E-state index contributed by atoms with van der Waals surface area (Å²) in [5, 5.41) is 9.39. The van der Waals surface area contributed by atoms with E-state index in [2.05, 4.69) is 17.0 Å². The number of likely N-dealkylation sites (tertiary alicyclic amines) is 2. The molecule has 0 saturated carbocycles. The summed E-state index contributed by atoms with van der Waals surface area (Å²) in [6.07, 6.45) is 5.47. The molecular formula is C25H32N2O3. The largest absolute Gasteiger partial charge is 0.494 e. The summed E-state index contributed by atoms with van der Waals surface area (Å²) in [4.78, 5) is 16.8. The number of carbonyl (C=O) groups is 1. The van der Waals surface area contributed by atoms with Crippen LogP contribution in [0.25, 0.3) is 11.1 Å². The molecule has 1 N–H and O–H groups in total. The molecule has 5 heteroatoms. The van der Waals surface area contributed by atoms with Crippen LogP contribution in [-0.2, 0) is 0 Å². The molecule has 2 heterocycles. The molecule has 2 aliphatic rings. The molecule has 30 heavy (non-hydrogen) atoms. The van der Waals surface area contributed by atoms with E-state index in [1.165, 1.54) is 6.42 Å². The smallest absolute Gasteiger partial charge is 0.253 e. The van der Waals surface area contributed by atoms with E-state index in [1.807, 2.05) is 41.3 Å². The van der Waals surface area contributed by atoms with Gasteiger partial charge in [0.1, 0.15) is 5.75 Å². The van der Waals surface area contributed by atoms with Gasteiger partial charge in [0, 0.05) is 31.2 Å². The minimum absolute atomic E-state index is 0.141. The maximum Gasteiger partial charge on any atom is 0.253 e. The molecule has 0 radical (unpaired) electrons. The summed E-state index contributed by atoms with van der Waals surface area (Å²) in [6.45, 7) is 4.76. The molecule has 2 aromatic rings. The minimum atomic E-state index is 0.141. The van der Waals surface area contributed by atoms with Crippen LogP contribution in [0.1, 0.15) is 42.5 Å². The molecule has 2 aliphatic heterocycles. The number of hydrogen-bond acceptors (Lipinski definition) is 4. The van der Waals surface area contributed by atoms with Gasteiger partial charge in [-0.2, -0.15) is 0 Å². The molecule has 0 spiro atoms. The number of aliphatic hydroxyl groups excluding tert-OH is 1. The first-order valence-electron chi connectivity index (χ1n) is 11.2. The molecule has 2 aromatic carbocycles. The predicted molar refractivity (Wildman–Crippen MR) is 119 cm³/mol. The summed E-state index contributed by atoms with van der Waals surface area (Å²) in [5.74, 6) is 1.02. The first kappa shape index (κ1) is 20.9. The summed E-state index contributed by atoms with van der Waals surface area (Å²) in [6, 6.07) is 16.4. The van der Waals surface area contributed by atoms with E-state index >= 15 is 0 Å². The highest BCUT2D eigenvalue weighted by Crippen LogP contribution is 2.24. The fourth-order valence-electron chi connectivity index (χ4n) is 4.51. The Bertz CT molecular complexity index is 813. The number of nitrogens with zero attached hydrogens (tertiary/aromatic N) is 2. The average molecular weight is 409 g/mol. The first-order chi connectivity index (χ1) is 14.7. The third-order valence-corrected chi connectivity index (χ3v) is 6.28. The van der Waals surface area contributed by atoms with Gasteiger partial charge in [-0.3, -0.25) is 9.69 Å². The van der Waals surface area contributed by atoms with Gasteiger partial charge >= 0.3 is 0 Å². The Balaban J connectivity index is 1.26. The van der Waals surface area contributed by atoms with E-state index in [0.717, 1.165) is 74.3 Å². The normalized spacial score (nSPS) is 19.4. The van der Waals surface area contributed by atoms with Crippen molar-refractivity contribution in [3.05, 3.63) is 54.1 Å². The highest BCUT2D eigenvalue weighted by molar-refractivity contribution is 5.94. The van der Waals surface area contributed by atoms with E-state index in [0.29, 0.717) is 12.6 Å². The molecule has 1 unspecified atom stereocenters. The second-order valence-electron chi connectivity index (χ2n) is 8.32. The number of aliphatic hydroxyl groups is 1. The van der Waals surface area contributed by atoms with Crippen LogP contribution >= 0.6 is 0 Å². The molecule has 2 saturated heterocycles. The lowest BCUT2D eigenvalue weighted by atomic mass is 10.0. The van der Waals surface area contributed by atoms with Crippen LogP contribution in [0.2, 0.25) is 0 Å². The molecule has 5 nitrogen and oxygen atoms in total. The lowest BCUT2D eigenvalue weighted by Crippen LogP contribution is -2.33. The summed E-state index contributed by atoms with van der Waals surface area (Å²) >= 11 is 0. The van der Waals surface area contributed by atoms with Crippen molar-refractivity contribution in [1.29, 1.82) is 0 Å². The molecule has 160 valence electrons. The van der Waals surface area contributed by atoms with Gasteiger partial charge in [0.25, 0.3) is 5.91 Å². The number of ether oxygens (including phenoxy) is 1. The van der Waals surface area contributed by atoms with Gasteiger partial charge in [-0.05, 0) is 74.0 Å². The minimum Gasteiger partial charge on any atom is -0.494 e. The summed E-state index contributed by atoms with van der Waals surface area (Å²) in [5.41, 5.74) is 2.98. The van der Waals surface area contributed by atoms with Crippen molar-refractivity contribution >= 4 is 5.91 Å². The molecule has 0 aliphatic carbocycles. The van der Waals surface area contributed by atoms with Gasteiger partial charge in [-0.15, -0.1) is 0 Å². The van der Waals surface area contributed by atoms with Crippen molar-refractivity contribution < 1.29 is 14.6 Å². The van der Waals surface area contributed by atoms with E-state index in [1.54, 1.807) is 0 Å². The Hall–Kier alpha value is -2.37. The molecule has 0 aromatic heterocycles. The van der Waals surface area contributed by atoms with Crippen LogP contribution in [0.3, 0.4) is 0 Å². The van der Waals surface area contributed by atoms with Gasteiger partial charge in [0.15, 0.2) is 0 Å². The fraction of sp³-hybridized carbons (Fsp3) is 0.480. The molecular weight excluding hydrogens is 376 g/mol. The summed E-state index contributed by atoms with van der Waals surface area (Å²) < 4.78 is 5.89. The average Bonchev–Trinajstić information content (AvgIpc) is 3.49. The second-order valence-corrected chi connectivity index (χ2v) is 8.32. The second kappa shape index (κ2) is 10.1. The summed E-state index contributed by atoms with van der Waals surface area (Å²) in [7, 11) is 0. The van der Waals surface area contributed by atoms with Gasteiger partial charge in [-0.25, -0.2) is 0 Å². The molecule has 4 rings (SSSR count). The SMILES string of the molecule is O=C(c1ccc(-c2ccc(OCCCN3CCCC3CO)cc2)cc1)N1CCCC1. The number of hydrogen-bond donors (Lipinski definition) is 1. The van der Waals surface area contributed by atoms with Crippen LogP contribution in [0.4, 0.5) is 0 Å². The Kier molecular flexibility index (Phi) is 7.03. The van der Waals surface area contributed by atoms with Crippen LogP contribution < -0.4 is 4.74 Å². The van der Waals surface area contributed by atoms with Gasteiger partial charge in [0.05, 0.1) is 13.2 Å². The van der Waals surface area contributed by atoms with Crippen molar-refractivity contribution in [2.24, 2.45) is 0 Å². The van der Waals surface area contributed by atoms with E-state index < -0.39 is 0 Å². The Morgan fingerprint density at radius 3 is 2.27 bits per heavy atom. The maximum absolute atomic E-state index is 12.5. The lowest BCUT2D eigenvalue weighted by molar-refractivity contribution is 0.0793. The van der Waals surface area contributed by atoms with E-state index in [4.69, 9.17) is 4.74 Å². The highest BCUT2D eigenvalue weighted by atomic mass is 16.5. The lowest BCUT2D eigenvalue weighted by Gasteiger charge is -2.22. The quantitative estimate of drug-likeness (QED) is 0.675. The van der Waals surface area contributed by atoms with Crippen molar-refractivity contribution in [2.75, 3.05) is 39.4 Å². The topological polar surface area (TPSA) is 53.0 Å². The van der Waals surface area contributed by atoms with Gasteiger partial charge in [-0.1, -0.05) is 24.3 Å². The zero-order valence-electron chi connectivity index (χ0n) is 17.6. The predicted octanol–water partition coefficient (Wildman–Crippen LogP) is 3.82. The van der Waals surface area contributed by atoms with Crippen molar-refractivity contribution in [3.8, 4) is 16.9 Å². The molecule has 1 amide bonds. The van der Waals surface area contributed by atoms with E-state index in [9.17, 15) is 9.90 Å². The van der Waals surface area contributed by atoms with E-state index in [-0.39, 0.29) is 12.5 Å². The van der Waals surface area contributed by atoms with Crippen molar-refractivity contribution in [1.82, 2.24) is 9.80 Å². The number of carbonyl (C=O) groups excluding carboxylic acids is 1. The highest BCUT2D eigenvalue weighted by Gasteiger charge is 2.22. The number of amides is 1. The zero-order valence-corrected chi connectivity index (χ0v) is 17.6. The number of benzene rings is 2. The first-order valence-corrected chi connectivity index (χ1v) is 11.2.